The number of nitrogens with zero attached hydrogens (tertiary/aromatic N) is 1. The molecule has 0 bridgehead atoms. The van der Waals surface area contributed by atoms with Crippen LogP contribution in [-0.2, 0) is 9.59 Å². The maximum absolute atomic E-state index is 12.4. The maximum Gasteiger partial charge on any atom is 0.233 e. The van der Waals surface area contributed by atoms with Gasteiger partial charge in [-0.25, -0.2) is 0 Å². The molecule has 3 atom stereocenters. The Kier molecular flexibility index (Phi) is 4.66. The first-order chi connectivity index (χ1) is 11.1. The molecule has 1 aliphatic carbocycles. The zero-order valence-electron chi connectivity index (χ0n) is 13.4. The Balaban J connectivity index is 1.55. The van der Waals surface area contributed by atoms with Gasteiger partial charge in [0, 0.05) is 0 Å². The van der Waals surface area contributed by atoms with Crippen molar-refractivity contribution in [2.45, 2.75) is 38.7 Å². The molecule has 1 aromatic carbocycles. The van der Waals surface area contributed by atoms with E-state index in [4.69, 9.17) is 4.74 Å². The van der Waals surface area contributed by atoms with Crippen molar-refractivity contribution in [3.63, 3.8) is 0 Å². The lowest BCUT2D eigenvalue weighted by atomic mass is 9.81. The average Bonchev–Trinajstić information content (AvgIpc) is 2.80. The number of imide groups is 1. The Morgan fingerprint density at radius 3 is 2.26 bits per heavy atom. The fourth-order valence-electron chi connectivity index (χ4n) is 3.50. The largest absolute Gasteiger partial charge is 0.491 e. The van der Waals surface area contributed by atoms with E-state index in [-0.39, 0.29) is 36.8 Å². The topological polar surface area (TPSA) is 66.8 Å². The van der Waals surface area contributed by atoms with Crippen LogP contribution >= 0.6 is 0 Å². The second-order valence-corrected chi connectivity index (χ2v) is 6.56. The Morgan fingerprint density at radius 1 is 1.13 bits per heavy atom. The number of β-amino-alcohol motifs (C(OH)–C–C–N with tert-alkyl or cyclic N) is 1. The van der Waals surface area contributed by atoms with Gasteiger partial charge in [-0.3, -0.25) is 14.5 Å². The number of benzene rings is 1. The smallest absolute Gasteiger partial charge is 0.233 e. The molecule has 1 saturated carbocycles. The van der Waals surface area contributed by atoms with Crippen molar-refractivity contribution < 1.29 is 19.4 Å². The summed E-state index contributed by atoms with van der Waals surface area (Å²) in [5.41, 5.74) is 1.13. The van der Waals surface area contributed by atoms with Gasteiger partial charge < -0.3 is 9.84 Å². The average molecular weight is 317 g/mol. The molecule has 1 aromatic rings. The predicted molar refractivity (Wildman–Crippen MR) is 84.8 cm³/mol. The van der Waals surface area contributed by atoms with E-state index in [0.717, 1.165) is 31.2 Å². The first-order valence-corrected chi connectivity index (χ1v) is 8.29. The number of aliphatic hydroxyl groups is 1. The summed E-state index contributed by atoms with van der Waals surface area (Å²) in [5.74, 6) is 0.105. The summed E-state index contributed by atoms with van der Waals surface area (Å²) in [6.45, 7) is 2.08. The SMILES string of the molecule is Cc1ccc(OC[C@H](O)CN2C(=O)[C@@H]3CCCC[C@H]3C2=O)cc1. The molecule has 0 spiro atoms. The first-order valence-electron chi connectivity index (χ1n) is 8.29. The minimum atomic E-state index is -0.871. The fourth-order valence-corrected chi connectivity index (χ4v) is 3.50. The molecule has 0 unspecified atom stereocenters. The number of carbonyl (C=O) groups excluding carboxylic acids is 2. The lowest BCUT2D eigenvalue weighted by Crippen LogP contribution is -2.40. The van der Waals surface area contributed by atoms with Crippen LogP contribution in [0.1, 0.15) is 31.2 Å². The van der Waals surface area contributed by atoms with Gasteiger partial charge in [0.05, 0.1) is 18.4 Å². The van der Waals surface area contributed by atoms with Crippen LogP contribution in [0.25, 0.3) is 0 Å². The zero-order chi connectivity index (χ0) is 16.4. The van der Waals surface area contributed by atoms with Crippen LogP contribution in [0.2, 0.25) is 0 Å². The minimum Gasteiger partial charge on any atom is -0.491 e. The summed E-state index contributed by atoms with van der Waals surface area (Å²) in [4.78, 5) is 25.9. The third kappa shape index (κ3) is 3.39. The third-order valence-electron chi connectivity index (χ3n) is 4.79. The minimum absolute atomic E-state index is 0.0243. The standard InChI is InChI=1S/C18H23NO4/c1-12-6-8-14(9-7-12)23-11-13(20)10-19-17(21)15-4-2-3-5-16(15)18(19)22/h6-9,13,15-16,20H,2-5,10-11H2,1H3/t13-,15-,16-/m1/s1. The number of hydrogen-bond donors (Lipinski definition) is 1. The highest BCUT2D eigenvalue weighted by Gasteiger charge is 2.48. The number of rotatable bonds is 5. The molecular formula is C18H23NO4. The summed E-state index contributed by atoms with van der Waals surface area (Å²) in [5, 5.41) is 10.1. The van der Waals surface area contributed by atoms with Gasteiger partial charge in [0.25, 0.3) is 0 Å². The lowest BCUT2D eigenvalue weighted by molar-refractivity contribution is -0.141. The molecule has 1 saturated heterocycles. The molecule has 1 aliphatic heterocycles. The maximum atomic E-state index is 12.4. The molecule has 3 rings (SSSR count). The molecule has 0 aromatic heterocycles. The third-order valence-corrected chi connectivity index (χ3v) is 4.79. The quantitative estimate of drug-likeness (QED) is 0.843. The van der Waals surface area contributed by atoms with E-state index in [1.807, 2.05) is 31.2 Å². The molecule has 23 heavy (non-hydrogen) atoms. The van der Waals surface area contributed by atoms with Gasteiger partial charge in [0.15, 0.2) is 0 Å². The predicted octanol–water partition coefficient (Wildman–Crippen LogP) is 1.91. The summed E-state index contributed by atoms with van der Waals surface area (Å²) >= 11 is 0. The molecule has 124 valence electrons. The first kappa shape index (κ1) is 16.0. The molecule has 2 aliphatic rings. The number of hydrogen-bond acceptors (Lipinski definition) is 4. The molecular weight excluding hydrogens is 294 g/mol. The number of ether oxygens (including phenoxy) is 1. The number of carbonyl (C=O) groups is 2. The van der Waals surface area contributed by atoms with Crippen molar-refractivity contribution in [1.29, 1.82) is 0 Å². The molecule has 5 heteroatoms. The number of aliphatic hydroxyl groups excluding tert-OH is 1. The van der Waals surface area contributed by atoms with Crippen molar-refractivity contribution >= 4 is 11.8 Å². The van der Waals surface area contributed by atoms with Gasteiger partial charge in [-0.05, 0) is 31.9 Å². The molecule has 1 heterocycles. The lowest BCUT2D eigenvalue weighted by Gasteiger charge is -2.19. The van der Waals surface area contributed by atoms with Crippen LogP contribution in [0.4, 0.5) is 0 Å². The molecule has 0 radical (unpaired) electrons. The normalized spacial score (nSPS) is 25.4. The number of fused-ring (bicyclic) bond motifs is 1. The van der Waals surface area contributed by atoms with Crippen LogP contribution in [-0.4, -0.2) is 41.1 Å². The number of likely N-dealkylation sites (tertiary alicyclic amines) is 1. The van der Waals surface area contributed by atoms with E-state index in [2.05, 4.69) is 0 Å². The van der Waals surface area contributed by atoms with Crippen molar-refractivity contribution in [1.82, 2.24) is 4.90 Å². The van der Waals surface area contributed by atoms with Crippen LogP contribution in [0.15, 0.2) is 24.3 Å². The van der Waals surface area contributed by atoms with Gasteiger partial charge in [-0.15, -0.1) is 0 Å². The highest BCUT2D eigenvalue weighted by molar-refractivity contribution is 6.05. The van der Waals surface area contributed by atoms with Crippen molar-refractivity contribution in [3.8, 4) is 5.75 Å². The highest BCUT2D eigenvalue weighted by atomic mass is 16.5. The Labute approximate surface area is 136 Å². The highest BCUT2D eigenvalue weighted by Crippen LogP contribution is 2.37. The van der Waals surface area contributed by atoms with E-state index >= 15 is 0 Å². The molecule has 2 fully saturated rings. The summed E-state index contributed by atoms with van der Waals surface area (Å²) in [7, 11) is 0. The summed E-state index contributed by atoms with van der Waals surface area (Å²) < 4.78 is 5.52. The van der Waals surface area contributed by atoms with E-state index in [0.29, 0.717) is 5.75 Å². The number of amides is 2. The van der Waals surface area contributed by atoms with Crippen molar-refractivity contribution in [3.05, 3.63) is 29.8 Å². The van der Waals surface area contributed by atoms with Crippen LogP contribution in [0.3, 0.4) is 0 Å². The van der Waals surface area contributed by atoms with Crippen LogP contribution in [0.5, 0.6) is 5.75 Å². The van der Waals surface area contributed by atoms with Crippen molar-refractivity contribution in [2.24, 2.45) is 11.8 Å². The fraction of sp³-hybridized carbons (Fsp3) is 0.556. The van der Waals surface area contributed by atoms with Gasteiger partial charge in [-0.1, -0.05) is 30.5 Å². The second kappa shape index (κ2) is 6.71. The van der Waals surface area contributed by atoms with Gasteiger partial charge in [0.2, 0.25) is 11.8 Å². The Bertz CT molecular complexity index is 559. The molecule has 2 amide bonds. The van der Waals surface area contributed by atoms with E-state index < -0.39 is 6.10 Å². The van der Waals surface area contributed by atoms with Crippen LogP contribution < -0.4 is 4.74 Å². The van der Waals surface area contributed by atoms with Crippen molar-refractivity contribution in [2.75, 3.05) is 13.2 Å². The monoisotopic (exact) mass is 317 g/mol. The zero-order valence-corrected chi connectivity index (χ0v) is 13.4. The summed E-state index contributed by atoms with van der Waals surface area (Å²) in [6, 6.07) is 7.53. The van der Waals surface area contributed by atoms with E-state index in [1.54, 1.807) is 0 Å². The van der Waals surface area contributed by atoms with Gasteiger partial charge in [0.1, 0.15) is 18.5 Å². The van der Waals surface area contributed by atoms with Crippen LogP contribution in [0, 0.1) is 18.8 Å². The Morgan fingerprint density at radius 2 is 1.70 bits per heavy atom. The Hall–Kier alpha value is -1.88. The number of aryl methyl sites for hydroxylation is 1. The summed E-state index contributed by atoms with van der Waals surface area (Å²) in [6.07, 6.45) is 2.73. The van der Waals surface area contributed by atoms with Gasteiger partial charge >= 0.3 is 0 Å². The molecule has 1 N–H and O–H groups in total. The van der Waals surface area contributed by atoms with E-state index in [1.165, 1.54) is 4.90 Å². The van der Waals surface area contributed by atoms with Gasteiger partial charge in [-0.2, -0.15) is 0 Å². The van der Waals surface area contributed by atoms with E-state index in [9.17, 15) is 14.7 Å². The second-order valence-electron chi connectivity index (χ2n) is 6.56. The molecule has 5 nitrogen and oxygen atoms in total.